The van der Waals surface area contributed by atoms with Crippen LogP contribution in [-0.4, -0.2) is 17.0 Å². The molecule has 5 heteroatoms. The van der Waals surface area contributed by atoms with Crippen molar-refractivity contribution in [3.05, 3.63) is 46.3 Å². The molecule has 4 nitrogen and oxygen atoms in total. The predicted molar refractivity (Wildman–Crippen MR) is 77.0 cm³/mol. The van der Waals surface area contributed by atoms with Gasteiger partial charge in [-0.05, 0) is 37.7 Å². The van der Waals surface area contributed by atoms with Gasteiger partial charge in [-0.2, -0.15) is 0 Å². The van der Waals surface area contributed by atoms with Crippen molar-refractivity contribution in [3.63, 3.8) is 0 Å². The number of hydrogen-bond donors (Lipinski definition) is 2. The van der Waals surface area contributed by atoms with Crippen LogP contribution in [0.3, 0.4) is 0 Å². The molecule has 0 spiro atoms. The maximum atomic E-state index is 4.41. The molecule has 0 aliphatic carbocycles. The Morgan fingerprint density at radius 2 is 2.11 bits per heavy atom. The number of nitrogens with one attached hydrogen (secondary N) is 2. The Labute approximate surface area is 115 Å². The maximum absolute atomic E-state index is 4.41. The number of anilines is 2. The van der Waals surface area contributed by atoms with E-state index in [4.69, 9.17) is 0 Å². The number of halogens is 1. The van der Waals surface area contributed by atoms with Crippen LogP contribution in [-0.2, 0) is 6.54 Å². The Morgan fingerprint density at radius 1 is 1.28 bits per heavy atom. The Bertz CT molecular complexity index is 542. The molecular weight excluding hydrogens is 292 g/mol. The van der Waals surface area contributed by atoms with Crippen LogP contribution in [0.4, 0.5) is 11.5 Å². The summed E-state index contributed by atoms with van der Waals surface area (Å²) in [4.78, 5) is 8.59. The molecule has 1 aromatic heterocycles. The first-order valence-corrected chi connectivity index (χ1v) is 6.48. The van der Waals surface area contributed by atoms with E-state index in [0.29, 0.717) is 6.54 Å². The molecule has 0 unspecified atom stereocenters. The van der Waals surface area contributed by atoms with Crippen molar-refractivity contribution >= 4 is 27.4 Å². The van der Waals surface area contributed by atoms with E-state index in [1.54, 1.807) is 6.20 Å². The lowest BCUT2D eigenvalue weighted by atomic mass is 10.2. The van der Waals surface area contributed by atoms with Gasteiger partial charge in [0.25, 0.3) is 0 Å². The van der Waals surface area contributed by atoms with Crippen LogP contribution in [0, 0.1) is 6.92 Å². The van der Waals surface area contributed by atoms with Crippen molar-refractivity contribution in [1.82, 2.24) is 15.3 Å². The fourth-order valence-electron chi connectivity index (χ4n) is 1.53. The van der Waals surface area contributed by atoms with Gasteiger partial charge in [-0.3, -0.25) is 0 Å². The zero-order valence-corrected chi connectivity index (χ0v) is 12.0. The molecule has 0 saturated carbocycles. The van der Waals surface area contributed by atoms with Crippen LogP contribution < -0.4 is 10.6 Å². The molecule has 2 rings (SSSR count). The van der Waals surface area contributed by atoms with Gasteiger partial charge < -0.3 is 10.6 Å². The summed E-state index contributed by atoms with van der Waals surface area (Å²) in [6, 6.07) is 7.98. The first-order valence-electron chi connectivity index (χ1n) is 5.69. The number of nitrogens with zero attached hydrogens (tertiary/aromatic N) is 2. The Balaban J connectivity index is 2.17. The fourth-order valence-corrected chi connectivity index (χ4v) is 1.91. The van der Waals surface area contributed by atoms with E-state index >= 15 is 0 Å². The highest BCUT2D eigenvalue weighted by Gasteiger charge is 2.01. The summed E-state index contributed by atoms with van der Waals surface area (Å²) in [7, 11) is 1.88. The largest absolute Gasteiger partial charge is 0.340 e. The van der Waals surface area contributed by atoms with E-state index < -0.39 is 0 Å². The van der Waals surface area contributed by atoms with Crippen LogP contribution in [0.15, 0.2) is 34.9 Å². The van der Waals surface area contributed by atoms with Gasteiger partial charge >= 0.3 is 0 Å². The molecule has 0 saturated heterocycles. The van der Waals surface area contributed by atoms with Gasteiger partial charge in [0.1, 0.15) is 11.6 Å². The molecular formula is C13H15BrN4. The maximum Gasteiger partial charge on any atom is 0.144 e. The molecule has 0 aliphatic rings. The molecule has 0 amide bonds. The average Bonchev–Trinajstić information content (AvgIpc) is 2.35. The zero-order valence-electron chi connectivity index (χ0n) is 10.4. The smallest absolute Gasteiger partial charge is 0.144 e. The summed E-state index contributed by atoms with van der Waals surface area (Å²) in [5.74, 6) is 1.57. The SMILES string of the molecule is CNCc1nccc(Nc2ccc(C)c(Br)c2)n1. The molecule has 2 N–H and O–H groups in total. The fraction of sp³-hybridized carbons (Fsp3) is 0.231. The van der Waals surface area contributed by atoms with E-state index in [0.717, 1.165) is 21.8 Å². The highest BCUT2D eigenvalue weighted by atomic mass is 79.9. The normalized spacial score (nSPS) is 10.4. The lowest BCUT2D eigenvalue weighted by Crippen LogP contribution is -2.09. The van der Waals surface area contributed by atoms with Crippen LogP contribution in [0.1, 0.15) is 11.4 Å². The highest BCUT2D eigenvalue weighted by molar-refractivity contribution is 9.10. The molecule has 0 aliphatic heterocycles. The summed E-state index contributed by atoms with van der Waals surface area (Å²) in [6.07, 6.45) is 1.76. The van der Waals surface area contributed by atoms with Gasteiger partial charge in [-0.25, -0.2) is 9.97 Å². The molecule has 1 aromatic carbocycles. The number of aryl methyl sites for hydroxylation is 1. The third-order valence-corrected chi connectivity index (χ3v) is 3.34. The average molecular weight is 307 g/mol. The number of benzene rings is 1. The number of aromatic nitrogens is 2. The number of rotatable bonds is 4. The minimum atomic E-state index is 0.660. The van der Waals surface area contributed by atoms with Gasteiger partial charge in [-0.15, -0.1) is 0 Å². The van der Waals surface area contributed by atoms with E-state index in [2.05, 4.69) is 49.5 Å². The van der Waals surface area contributed by atoms with E-state index in [9.17, 15) is 0 Å². The van der Waals surface area contributed by atoms with Gasteiger partial charge in [0.05, 0.1) is 6.54 Å². The minimum absolute atomic E-state index is 0.660. The summed E-state index contributed by atoms with van der Waals surface area (Å²) in [6.45, 7) is 2.72. The lowest BCUT2D eigenvalue weighted by Gasteiger charge is -2.08. The third kappa shape index (κ3) is 3.27. The second-order valence-corrected chi connectivity index (χ2v) is 4.83. The third-order valence-electron chi connectivity index (χ3n) is 2.48. The first kappa shape index (κ1) is 13.0. The standard InChI is InChI=1S/C13H15BrN4/c1-9-3-4-10(7-11(9)14)17-12-5-6-16-13(18-12)8-15-2/h3-7,15H,8H2,1-2H3,(H,16,17,18). The molecule has 0 bridgehead atoms. The summed E-state index contributed by atoms with van der Waals surface area (Å²) < 4.78 is 1.08. The van der Waals surface area contributed by atoms with Gasteiger partial charge in [-0.1, -0.05) is 22.0 Å². The van der Waals surface area contributed by atoms with Crippen molar-refractivity contribution < 1.29 is 0 Å². The second kappa shape index (κ2) is 5.93. The zero-order chi connectivity index (χ0) is 13.0. The molecule has 0 fully saturated rings. The summed E-state index contributed by atoms with van der Waals surface area (Å²) >= 11 is 3.52. The van der Waals surface area contributed by atoms with Crippen molar-refractivity contribution in [2.75, 3.05) is 12.4 Å². The topological polar surface area (TPSA) is 49.8 Å². The van der Waals surface area contributed by atoms with Crippen LogP contribution in [0.25, 0.3) is 0 Å². The lowest BCUT2D eigenvalue weighted by molar-refractivity contribution is 0.759. The first-order chi connectivity index (χ1) is 8.69. The van der Waals surface area contributed by atoms with E-state index in [1.165, 1.54) is 5.56 Å². The Hall–Kier alpha value is -1.46. The molecule has 0 radical (unpaired) electrons. The summed E-state index contributed by atoms with van der Waals surface area (Å²) in [5, 5.41) is 6.29. The summed E-state index contributed by atoms with van der Waals surface area (Å²) in [5.41, 5.74) is 2.21. The quantitative estimate of drug-likeness (QED) is 0.911. The number of hydrogen-bond acceptors (Lipinski definition) is 4. The van der Waals surface area contributed by atoms with Crippen molar-refractivity contribution in [1.29, 1.82) is 0 Å². The highest BCUT2D eigenvalue weighted by Crippen LogP contribution is 2.22. The Kier molecular flexibility index (Phi) is 4.28. The van der Waals surface area contributed by atoms with Gasteiger partial charge in [0, 0.05) is 16.4 Å². The van der Waals surface area contributed by atoms with Crippen molar-refractivity contribution in [3.8, 4) is 0 Å². The van der Waals surface area contributed by atoms with Gasteiger partial charge in [0.2, 0.25) is 0 Å². The second-order valence-electron chi connectivity index (χ2n) is 3.98. The molecule has 0 atom stereocenters. The van der Waals surface area contributed by atoms with Gasteiger partial charge in [0.15, 0.2) is 0 Å². The molecule has 1 heterocycles. The molecule has 94 valence electrons. The van der Waals surface area contributed by atoms with Crippen LogP contribution in [0.5, 0.6) is 0 Å². The molecule has 2 aromatic rings. The van der Waals surface area contributed by atoms with Crippen LogP contribution >= 0.6 is 15.9 Å². The predicted octanol–water partition coefficient (Wildman–Crippen LogP) is 3.01. The van der Waals surface area contributed by atoms with Crippen molar-refractivity contribution in [2.45, 2.75) is 13.5 Å². The van der Waals surface area contributed by atoms with Crippen LogP contribution in [0.2, 0.25) is 0 Å². The van der Waals surface area contributed by atoms with E-state index in [-0.39, 0.29) is 0 Å². The van der Waals surface area contributed by atoms with E-state index in [1.807, 2.05) is 25.2 Å². The Morgan fingerprint density at radius 3 is 2.83 bits per heavy atom. The monoisotopic (exact) mass is 306 g/mol. The van der Waals surface area contributed by atoms with Crippen molar-refractivity contribution in [2.24, 2.45) is 0 Å². The minimum Gasteiger partial charge on any atom is -0.340 e. The molecule has 18 heavy (non-hydrogen) atoms.